The second-order valence-corrected chi connectivity index (χ2v) is 7.51. The van der Waals surface area contributed by atoms with Gasteiger partial charge in [-0.25, -0.2) is 13.2 Å². The summed E-state index contributed by atoms with van der Waals surface area (Å²) in [5.74, 6) is 0. The van der Waals surface area contributed by atoms with E-state index in [2.05, 4.69) is 15.4 Å². The van der Waals surface area contributed by atoms with Gasteiger partial charge in [0.1, 0.15) is 5.66 Å². The number of rotatable bonds is 5. The number of sulfonamides is 1. The highest BCUT2D eigenvalue weighted by molar-refractivity contribution is 7.89. The number of nitrogens with one attached hydrogen (secondary N) is 3. The van der Waals surface area contributed by atoms with Gasteiger partial charge < -0.3 is 10.6 Å². The lowest BCUT2D eigenvalue weighted by Gasteiger charge is -2.33. The zero-order valence-corrected chi connectivity index (χ0v) is 14.7. The topological polar surface area (TPSA) is 87.3 Å². The van der Waals surface area contributed by atoms with Crippen LogP contribution in [0.2, 0.25) is 0 Å². The van der Waals surface area contributed by atoms with Crippen molar-refractivity contribution >= 4 is 21.7 Å². The first-order valence-electron chi connectivity index (χ1n) is 8.07. The van der Waals surface area contributed by atoms with Crippen LogP contribution in [0.1, 0.15) is 6.42 Å². The molecule has 2 aromatic rings. The molecule has 0 spiro atoms. The van der Waals surface area contributed by atoms with E-state index in [0.717, 1.165) is 0 Å². The number of hydrogen-bond donors (Lipinski definition) is 3. The molecule has 3 N–H and O–H groups in total. The predicted octanol–water partition coefficient (Wildman–Crippen LogP) is 3.00. The van der Waals surface area contributed by atoms with Crippen LogP contribution in [0, 0.1) is 0 Å². The third kappa shape index (κ3) is 4.38. The number of hydrogen-bond acceptors (Lipinski definition) is 3. The van der Waals surface area contributed by atoms with Crippen LogP contribution in [0.25, 0.3) is 0 Å². The minimum absolute atomic E-state index is 0.132. The monoisotopic (exact) mass is 369 g/mol. The lowest BCUT2D eigenvalue weighted by Crippen LogP contribution is -2.60. The van der Waals surface area contributed by atoms with Crippen LogP contribution in [-0.4, -0.2) is 20.1 Å². The van der Waals surface area contributed by atoms with Crippen LogP contribution in [-0.2, 0) is 10.0 Å². The number of anilines is 1. The minimum atomic E-state index is -3.81. The maximum atomic E-state index is 12.7. The Morgan fingerprint density at radius 1 is 0.923 bits per heavy atom. The molecule has 0 bridgehead atoms. The smallest absolute Gasteiger partial charge is 0.315 e. The molecule has 1 unspecified atom stereocenters. The summed E-state index contributed by atoms with van der Waals surface area (Å²) >= 11 is 0. The zero-order valence-electron chi connectivity index (χ0n) is 13.9. The number of urea groups is 1. The summed E-state index contributed by atoms with van der Waals surface area (Å²) in [7, 11) is -3.81. The van der Waals surface area contributed by atoms with Gasteiger partial charge in [0.25, 0.3) is 0 Å². The standard InChI is InChI=1S/C19H19N3O3S/c23-18(20-16-10-4-1-5-11-16)21-19(14-8-3-9-15-19)22-26(24,25)17-12-6-2-7-13-17/h1-14,22H,15H2,(H2,20,21,23). The summed E-state index contributed by atoms with van der Waals surface area (Å²) in [5, 5.41) is 5.43. The SMILES string of the molecule is O=C(Nc1ccccc1)NC1(NS(=O)(=O)c2ccccc2)C=CC=CC1. The third-order valence-corrected chi connectivity index (χ3v) is 5.33. The lowest BCUT2D eigenvalue weighted by molar-refractivity contribution is 0.241. The van der Waals surface area contributed by atoms with Gasteiger partial charge in [-0.2, -0.15) is 4.72 Å². The Morgan fingerprint density at radius 3 is 2.19 bits per heavy atom. The van der Waals surface area contributed by atoms with Crippen LogP contribution in [0.3, 0.4) is 0 Å². The highest BCUT2D eigenvalue weighted by atomic mass is 32.2. The molecule has 1 aliphatic rings. The molecule has 0 radical (unpaired) electrons. The second-order valence-electron chi connectivity index (χ2n) is 5.83. The number of allylic oxidation sites excluding steroid dienone is 2. The molecule has 26 heavy (non-hydrogen) atoms. The van der Waals surface area contributed by atoms with Crippen molar-refractivity contribution in [2.45, 2.75) is 17.0 Å². The van der Waals surface area contributed by atoms with Gasteiger partial charge in [0.15, 0.2) is 0 Å². The summed E-state index contributed by atoms with van der Waals surface area (Å²) in [6.45, 7) is 0. The molecule has 1 atom stereocenters. The maximum absolute atomic E-state index is 12.7. The van der Waals surface area contributed by atoms with Crippen molar-refractivity contribution in [3.05, 3.63) is 85.0 Å². The largest absolute Gasteiger partial charge is 0.320 e. The van der Waals surface area contributed by atoms with Crippen LogP contribution < -0.4 is 15.4 Å². The molecule has 2 aromatic carbocycles. The highest BCUT2D eigenvalue weighted by Crippen LogP contribution is 2.19. The summed E-state index contributed by atoms with van der Waals surface area (Å²) in [6, 6.07) is 16.5. The van der Waals surface area contributed by atoms with Gasteiger partial charge in [-0.1, -0.05) is 54.6 Å². The van der Waals surface area contributed by atoms with Crippen LogP contribution >= 0.6 is 0 Å². The maximum Gasteiger partial charge on any atom is 0.320 e. The molecule has 6 nitrogen and oxygen atoms in total. The van der Waals surface area contributed by atoms with Crippen molar-refractivity contribution in [3.63, 3.8) is 0 Å². The number of carbonyl (C=O) groups is 1. The second kappa shape index (κ2) is 7.55. The molecular weight excluding hydrogens is 350 g/mol. The molecule has 0 fully saturated rings. The first kappa shape index (κ1) is 17.9. The normalized spacial score (nSPS) is 19.1. The van der Waals surface area contributed by atoms with Gasteiger partial charge in [0.05, 0.1) is 4.90 Å². The number of carbonyl (C=O) groups excluding carboxylic acids is 1. The summed E-state index contributed by atoms with van der Waals surface area (Å²) < 4.78 is 28.0. The van der Waals surface area contributed by atoms with Gasteiger partial charge in [-0.15, -0.1) is 0 Å². The van der Waals surface area contributed by atoms with E-state index in [1.165, 1.54) is 12.1 Å². The summed E-state index contributed by atoms with van der Waals surface area (Å²) in [6.07, 6.45) is 7.19. The first-order chi connectivity index (χ1) is 12.5. The summed E-state index contributed by atoms with van der Waals surface area (Å²) in [4.78, 5) is 12.5. The van der Waals surface area contributed by atoms with E-state index in [0.29, 0.717) is 5.69 Å². The Labute approximate surface area is 152 Å². The fourth-order valence-electron chi connectivity index (χ4n) is 2.60. The molecule has 2 amide bonds. The van der Waals surface area contributed by atoms with Crippen molar-refractivity contribution in [3.8, 4) is 0 Å². The van der Waals surface area contributed by atoms with Gasteiger partial charge >= 0.3 is 6.03 Å². The number of benzene rings is 2. The van der Waals surface area contributed by atoms with E-state index < -0.39 is 21.7 Å². The molecular formula is C19H19N3O3S. The zero-order chi connectivity index (χ0) is 18.5. The third-order valence-electron chi connectivity index (χ3n) is 3.81. The van der Waals surface area contributed by atoms with Gasteiger partial charge in [-0.05, 0) is 30.3 Å². The quantitative estimate of drug-likeness (QED) is 0.708. The van der Waals surface area contributed by atoms with Crippen molar-refractivity contribution in [2.75, 3.05) is 5.32 Å². The first-order valence-corrected chi connectivity index (χ1v) is 9.55. The fourth-order valence-corrected chi connectivity index (χ4v) is 3.91. The Bertz CT molecular complexity index is 925. The van der Waals surface area contributed by atoms with Crippen molar-refractivity contribution < 1.29 is 13.2 Å². The van der Waals surface area contributed by atoms with E-state index in [-0.39, 0.29) is 11.3 Å². The van der Waals surface area contributed by atoms with E-state index in [9.17, 15) is 13.2 Å². The molecule has 0 saturated heterocycles. The number of amides is 2. The Morgan fingerprint density at radius 2 is 1.58 bits per heavy atom. The molecule has 0 aliphatic heterocycles. The minimum Gasteiger partial charge on any atom is -0.315 e. The lowest BCUT2D eigenvalue weighted by atomic mass is 10.0. The van der Waals surface area contributed by atoms with Gasteiger partial charge in [0, 0.05) is 12.1 Å². The molecule has 1 aliphatic carbocycles. The molecule has 134 valence electrons. The number of para-hydroxylation sites is 1. The molecule has 0 saturated carbocycles. The van der Waals surface area contributed by atoms with Crippen LogP contribution in [0.5, 0.6) is 0 Å². The van der Waals surface area contributed by atoms with Gasteiger partial charge in [0.2, 0.25) is 10.0 Å². The summed E-state index contributed by atoms with van der Waals surface area (Å²) in [5.41, 5.74) is -0.635. The highest BCUT2D eigenvalue weighted by Gasteiger charge is 2.34. The average Bonchev–Trinajstić information content (AvgIpc) is 2.63. The van der Waals surface area contributed by atoms with Crippen molar-refractivity contribution in [1.29, 1.82) is 0 Å². The molecule has 0 heterocycles. The van der Waals surface area contributed by atoms with E-state index >= 15 is 0 Å². The molecule has 7 heteroatoms. The predicted molar refractivity (Wildman–Crippen MR) is 101 cm³/mol. The van der Waals surface area contributed by atoms with E-state index in [4.69, 9.17) is 0 Å². The Hall–Kier alpha value is -2.90. The molecule has 0 aromatic heterocycles. The Kier molecular flexibility index (Phi) is 5.20. The van der Waals surface area contributed by atoms with Gasteiger partial charge in [-0.3, -0.25) is 0 Å². The van der Waals surface area contributed by atoms with E-state index in [1.807, 2.05) is 6.07 Å². The van der Waals surface area contributed by atoms with Crippen LogP contribution in [0.15, 0.2) is 89.9 Å². The van der Waals surface area contributed by atoms with Crippen LogP contribution in [0.4, 0.5) is 10.5 Å². The fraction of sp³-hybridized carbons (Fsp3) is 0.105. The average molecular weight is 369 g/mol. The molecule has 3 rings (SSSR count). The van der Waals surface area contributed by atoms with Crippen molar-refractivity contribution in [2.24, 2.45) is 0 Å². The Balaban J connectivity index is 1.80. The van der Waals surface area contributed by atoms with E-state index in [1.54, 1.807) is 66.8 Å². The van der Waals surface area contributed by atoms with Crippen molar-refractivity contribution in [1.82, 2.24) is 10.0 Å².